The summed E-state index contributed by atoms with van der Waals surface area (Å²) in [4.78, 5) is 24.7. The number of hydrogen-bond donors (Lipinski definition) is 0. The molecule has 6 nitrogen and oxygen atoms in total. The van der Waals surface area contributed by atoms with Crippen LogP contribution in [0, 0.1) is 0 Å². The Kier molecular flexibility index (Phi) is 23.8. The molecule has 0 aliphatic rings. The van der Waals surface area contributed by atoms with Gasteiger partial charge in [0, 0.05) is 19.2 Å². The van der Waals surface area contributed by atoms with Crippen molar-refractivity contribution in [2.45, 2.75) is 48.5 Å². The second-order valence-electron chi connectivity index (χ2n) is 6.76. The SMILES string of the molecule is C.C=C/C(C)=C\C(=C\C(=O)OC)OCCC.C=CCOC(/C=C(/C)C=C)=C\C(=O)N(CC)CC. The molecule has 0 spiro atoms. The van der Waals surface area contributed by atoms with Gasteiger partial charge >= 0.3 is 5.97 Å². The van der Waals surface area contributed by atoms with Gasteiger partial charge in [0.15, 0.2) is 0 Å². The van der Waals surface area contributed by atoms with E-state index in [4.69, 9.17) is 9.47 Å². The Morgan fingerprint density at radius 1 is 0.824 bits per heavy atom. The molecule has 0 fully saturated rings. The molecule has 0 atom stereocenters. The molecule has 0 heterocycles. The molecule has 34 heavy (non-hydrogen) atoms. The Hall–Kier alpha value is -3.28. The third kappa shape index (κ3) is 18.3. The maximum Gasteiger partial charge on any atom is 0.334 e. The molecule has 0 aromatic rings. The van der Waals surface area contributed by atoms with Crippen molar-refractivity contribution in [2.24, 2.45) is 0 Å². The first-order chi connectivity index (χ1) is 15.7. The van der Waals surface area contributed by atoms with Gasteiger partial charge in [0.1, 0.15) is 18.1 Å². The van der Waals surface area contributed by atoms with Crippen LogP contribution in [0.25, 0.3) is 0 Å². The van der Waals surface area contributed by atoms with Crippen LogP contribution in [0.5, 0.6) is 0 Å². The zero-order chi connectivity index (χ0) is 25.6. The molecule has 0 unspecified atom stereocenters. The number of hydrogen-bond acceptors (Lipinski definition) is 5. The predicted molar refractivity (Wildman–Crippen MR) is 143 cm³/mol. The molecule has 192 valence electrons. The second-order valence-corrected chi connectivity index (χ2v) is 6.76. The van der Waals surface area contributed by atoms with E-state index in [-0.39, 0.29) is 13.3 Å². The molecule has 0 aliphatic heterocycles. The predicted octanol–water partition coefficient (Wildman–Crippen LogP) is 6.31. The lowest BCUT2D eigenvalue weighted by Gasteiger charge is -2.16. The van der Waals surface area contributed by atoms with Gasteiger partial charge < -0.3 is 19.1 Å². The number of methoxy groups -OCH3 is 1. The number of carbonyl (C=O) groups is 2. The Morgan fingerprint density at radius 2 is 1.32 bits per heavy atom. The molecule has 0 aromatic carbocycles. The summed E-state index contributed by atoms with van der Waals surface area (Å²) in [6.07, 6.45) is 12.3. The lowest BCUT2D eigenvalue weighted by atomic mass is 10.2. The molecule has 0 radical (unpaired) electrons. The highest BCUT2D eigenvalue weighted by atomic mass is 16.5. The zero-order valence-corrected chi connectivity index (χ0v) is 21.2. The van der Waals surface area contributed by atoms with E-state index < -0.39 is 5.97 Å². The van der Waals surface area contributed by atoms with Crippen molar-refractivity contribution >= 4 is 11.9 Å². The van der Waals surface area contributed by atoms with E-state index in [1.807, 2.05) is 34.6 Å². The number of carbonyl (C=O) groups excluding carboxylic acids is 2. The minimum absolute atomic E-state index is 0. The molecule has 1 amide bonds. The summed E-state index contributed by atoms with van der Waals surface area (Å²) in [5.74, 6) is 0.562. The van der Waals surface area contributed by atoms with E-state index in [9.17, 15) is 9.59 Å². The topological polar surface area (TPSA) is 65.1 Å². The summed E-state index contributed by atoms with van der Waals surface area (Å²) in [6.45, 7) is 22.9. The van der Waals surface area contributed by atoms with Crippen LogP contribution in [0.15, 0.2) is 84.9 Å². The zero-order valence-electron chi connectivity index (χ0n) is 21.2. The Morgan fingerprint density at radius 3 is 1.71 bits per heavy atom. The average Bonchev–Trinajstić information content (AvgIpc) is 2.81. The Bertz CT molecular complexity index is 753. The molecule has 0 aromatic heterocycles. The highest BCUT2D eigenvalue weighted by Crippen LogP contribution is 2.08. The summed E-state index contributed by atoms with van der Waals surface area (Å²) < 4.78 is 15.3. The smallest absolute Gasteiger partial charge is 0.334 e. The standard InChI is InChI=1S/C15H23NO2.C12H18O3.CH4/c1-6-10-18-14(11-13(5)7-2)12-15(17)16(8-3)9-4;1-5-7-15-11(8-10(3)6-2)9-12(13)14-4;/h6-7,11-12H,1-2,8-10H2,3-5H3;6,8-9H,2,5,7H2,1,3-4H3;1H4/b13-11-,14-12-;10-8-,11-9-;. The van der Waals surface area contributed by atoms with E-state index in [1.165, 1.54) is 19.3 Å². The van der Waals surface area contributed by atoms with Crippen LogP contribution in [0.3, 0.4) is 0 Å². The van der Waals surface area contributed by atoms with Gasteiger partial charge in [-0.3, -0.25) is 4.79 Å². The number of nitrogens with zero attached hydrogens (tertiary/aromatic N) is 1. The van der Waals surface area contributed by atoms with Gasteiger partial charge in [-0.1, -0.05) is 52.3 Å². The van der Waals surface area contributed by atoms with E-state index >= 15 is 0 Å². The number of allylic oxidation sites excluding steroid dienone is 6. The number of likely N-dealkylation sites (N-methyl/N-ethyl adjacent to an activating group) is 1. The van der Waals surface area contributed by atoms with Gasteiger partial charge in [0.2, 0.25) is 5.91 Å². The maximum atomic E-state index is 11.9. The molecule has 0 rings (SSSR count). The number of amides is 1. The van der Waals surface area contributed by atoms with Gasteiger partial charge in [0.25, 0.3) is 0 Å². The summed E-state index contributed by atoms with van der Waals surface area (Å²) in [5, 5.41) is 0. The highest BCUT2D eigenvalue weighted by Gasteiger charge is 2.08. The quantitative estimate of drug-likeness (QED) is 0.0968. The molecule has 0 saturated carbocycles. The fourth-order valence-corrected chi connectivity index (χ4v) is 2.12. The van der Waals surface area contributed by atoms with Crippen LogP contribution < -0.4 is 0 Å². The number of rotatable bonds is 14. The maximum absolute atomic E-state index is 11.9. The monoisotopic (exact) mass is 475 g/mol. The Balaban J connectivity index is -0.000000558. The first-order valence-electron chi connectivity index (χ1n) is 11.0. The van der Waals surface area contributed by atoms with Crippen LogP contribution in [-0.4, -0.2) is 50.2 Å². The molecular formula is C28H45NO5. The first-order valence-corrected chi connectivity index (χ1v) is 11.0. The van der Waals surface area contributed by atoms with Crippen molar-refractivity contribution in [3.05, 3.63) is 84.9 Å². The third-order valence-corrected chi connectivity index (χ3v) is 4.03. The summed E-state index contributed by atoms with van der Waals surface area (Å²) >= 11 is 0. The minimum atomic E-state index is -0.422. The van der Waals surface area contributed by atoms with Crippen LogP contribution in [0.4, 0.5) is 0 Å². The van der Waals surface area contributed by atoms with Crippen LogP contribution in [0.1, 0.15) is 48.5 Å². The van der Waals surface area contributed by atoms with Crippen LogP contribution in [0.2, 0.25) is 0 Å². The summed E-state index contributed by atoms with van der Waals surface area (Å²) in [7, 11) is 1.33. The van der Waals surface area contributed by atoms with Crippen LogP contribution >= 0.6 is 0 Å². The molecule has 0 N–H and O–H groups in total. The van der Waals surface area contributed by atoms with Gasteiger partial charge in [0.05, 0.1) is 19.8 Å². The van der Waals surface area contributed by atoms with Crippen molar-refractivity contribution in [2.75, 3.05) is 33.4 Å². The fourth-order valence-electron chi connectivity index (χ4n) is 2.12. The van der Waals surface area contributed by atoms with Gasteiger partial charge in [-0.25, -0.2) is 4.79 Å². The highest BCUT2D eigenvalue weighted by molar-refractivity contribution is 5.88. The fraction of sp³-hybridized carbons (Fsp3) is 0.429. The lowest BCUT2D eigenvalue weighted by molar-refractivity contribution is -0.135. The van der Waals surface area contributed by atoms with Crippen molar-refractivity contribution < 1.29 is 23.8 Å². The average molecular weight is 476 g/mol. The largest absolute Gasteiger partial charge is 0.493 e. The van der Waals surface area contributed by atoms with E-state index in [0.717, 1.165) is 17.6 Å². The van der Waals surface area contributed by atoms with Crippen molar-refractivity contribution in [1.82, 2.24) is 4.90 Å². The minimum Gasteiger partial charge on any atom is -0.493 e. The lowest BCUT2D eigenvalue weighted by Crippen LogP contribution is -2.29. The normalized spacial score (nSPS) is 11.7. The summed E-state index contributed by atoms with van der Waals surface area (Å²) in [5.41, 5.74) is 1.87. The van der Waals surface area contributed by atoms with Gasteiger partial charge in [-0.15, -0.1) is 0 Å². The molecule has 0 saturated heterocycles. The third-order valence-electron chi connectivity index (χ3n) is 4.03. The molecular weight excluding hydrogens is 430 g/mol. The Labute approximate surface area is 207 Å². The van der Waals surface area contributed by atoms with E-state index in [0.29, 0.717) is 37.8 Å². The van der Waals surface area contributed by atoms with Crippen LogP contribution in [-0.2, 0) is 23.8 Å². The van der Waals surface area contributed by atoms with Crippen molar-refractivity contribution in [1.29, 1.82) is 0 Å². The first kappa shape index (κ1) is 35.3. The van der Waals surface area contributed by atoms with E-state index in [2.05, 4.69) is 24.5 Å². The summed E-state index contributed by atoms with van der Waals surface area (Å²) in [6, 6.07) is 0. The van der Waals surface area contributed by atoms with Crippen molar-refractivity contribution in [3.63, 3.8) is 0 Å². The molecule has 6 heteroatoms. The van der Waals surface area contributed by atoms with E-state index in [1.54, 1.807) is 35.3 Å². The second kappa shape index (κ2) is 22.9. The van der Waals surface area contributed by atoms with Gasteiger partial charge in [-0.05, 0) is 57.4 Å². The molecule has 0 aliphatic carbocycles. The number of ether oxygens (including phenoxy) is 3. The molecule has 0 bridgehead atoms. The van der Waals surface area contributed by atoms with Gasteiger partial charge in [-0.2, -0.15) is 0 Å². The van der Waals surface area contributed by atoms with Crippen molar-refractivity contribution in [3.8, 4) is 0 Å². The number of esters is 1.